The van der Waals surface area contributed by atoms with Crippen molar-refractivity contribution < 1.29 is 19.5 Å². The predicted octanol–water partition coefficient (Wildman–Crippen LogP) is 3.54. The van der Waals surface area contributed by atoms with Crippen molar-refractivity contribution in [2.75, 3.05) is 0 Å². The fourth-order valence-electron chi connectivity index (χ4n) is 5.18. The smallest absolute Gasteiger partial charge is 0.308 e. The molecular formula is C25H27N3O4S. The monoisotopic (exact) mass is 465 g/mol. The number of thiazole rings is 1. The van der Waals surface area contributed by atoms with Crippen LogP contribution in [0.3, 0.4) is 0 Å². The summed E-state index contributed by atoms with van der Waals surface area (Å²) in [6, 6.07) is 13.0. The molecule has 3 aromatic rings. The van der Waals surface area contributed by atoms with Crippen LogP contribution in [0.2, 0.25) is 0 Å². The number of rotatable bonds is 6. The zero-order valence-electron chi connectivity index (χ0n) is 18.8. The molecule has 0 bridgehead atoms. The van der Waals surface area contributed by atoms with E-state index in [1.807, 2.05) is 51.1 Å². The van der Waals surface area contributed by atoms with Crippen LogP contribution in [0, 0.1) is 16.7 Å². The lowest BCUT2D eigenvalue weighted by Crippen LogP contribution is -2.53. The van der Waals surface area contributed by atoms with Crippen LogP contribution in [0.25, 0.3) is 10.2 Å². The largest absolute Gasteiger partial charge is 0.481 e. The molecule has 1 aliphatic rings. The molecule has 1 aromatic heterocycles. The van der Waals surface area contributed by atoms with E-state index in [0.717, 1.165) is 15.8 Å². The van der Waals surface area contributed by atoms with E-state index >= 15 is 0 Å². The standard InChI is InChI=1S/C25H27N3O4S/c1-24(2,3)20(22(30)31)25(11-14-7-4-5-8-15(14)12-25)23(32)27-13-18-28-19-16(21(26)29)9-6-10-17(19)33-18/h4-10,20H,11-13H2,1-3H3,(H2,26,29)(H,27,32)(H,30,31). The molecule has 0 aliphatic heterocycles. The van der Waals surface area contributed by atoms with Crippen molar-refractivity contribution in [1.29, 1.82) is 0 Å². The highest BCUT2D eigenvalue weighted by atomic mass is 32.1. The summed E-state index contributed by atoms with van der Waals surface area (Å²) in [5.41, 5.74) is 6.59. The Morgan fingerprint density at radius 3 is 2.30 bits per heavy atom. The number of para-hydroxylation sites is 1. The van der Waals surface area contributed by atoms with E-state index in [1.165, 1.54) is 11.3 Å². The Balaban J connectivity index is 1.66. The van der Waals surface area contributed by atoms with Crippen LogP contribution in [0.4, 0.5) is 0 Å². The number of hydrogen-bond acceptors (Lipinski definition) is 5. The lowest BCUT2D eigenvalue weighted by atomic mass is 9.61. The third-order valence-corrected chi connectivity index (χ3v) is 7.40. The van der Waals surface area contributed by atoms with Crippen molar-refractivity contribution in [3.8, 4) is 0 Å². The fraction of sp³-hybridized carbons (Fsp3) is 0.360. The van der Waals surface area contributed by atoms with Crippen LogP contribution < -0.4 is 11.1 Å². The van der Waals surface area contributed by atoms with Crippen LogP contribution in [0.15, 0.2) is 42.5 Å². The summed E-state index contributed by atoms with van der Waals surface area (Å²) in [7, 11) is 0. The van der Waals surface area contributed by atoms with Crippen LogP contribution in [-0.2, 0) is 29.0 Å². The number of carboxylic acid groups (broad SMARTS) is 1. The predicted molar refractivity (Wildman–Crippen MR) is 127 cm³/mol. The molecule has 7 nitrogen and oxygen atoms in total. The number of nitrogens with two attached hydrogens (primary N) is 1. The molecule has 4 rings (SSSR count). The minimum atomic E-state index is -1.11. The topological polar surface area (TPSA) is 122 Å². The van der Waals surface area contributed by atoms with Gasteiger partial charge in [0, 0.05) is 0 Å². The second-order valence-corrected chi connectivity index (χ2v) is 10.8. The zero-order valence-corrected chi connectivity index (χ0v) is 19.7. The van der Waals surface area contributed by atoms with E-state index in [9.17, 15) is 19.5 Å². The summed E-state index contributed by atoms with van der Waals surface area (Å²) in [6.45, 7) is 5.74. The minimum Gasteiger partial charge on any atom is -0.481 e. The van der Waals surface area contributed by atoms with Crippen LogP contribution >= 0.6 is 11.3 Å². The van der Waals surface area contributed by atoms with Crippen molar-refractivity contribution in [3.63, 3.8) is 0 Å². The average molecular weight is 466 g/mol. The number of aromatic nitrogens is 1. The van der Waals surface area contributed by atoms with Gasteiger partial charge in [-0.05, 0) is 41.5 Å². The van der Waals surface area contributed by atoms with Crippen molar-refractivity contribution in [2.24, 2.45) is 22.5 Å². The molecular weight excluding hydrogens is 438 g/mol. The summed E-state index contributed by atoms with van der Waals surface area (Å²) in [6.07, 6.45) is 0.740. The van der Waals surface area contributed by atoms with Gasteiger partial charge in [-0.2, -0.15) is 0 Å². The summed E-state index contributed by atoms with van der Waals surface area (Å²) < 4.78 is 0.802. The highest BCUT2D eigenvalue weighted by molar-refractivity contribution is 7.18. The van der Waals surface area contributed by atoms with Crippen molar-refractivity contribution in [2.45, 2.75) is 40.2 Å². The van der Waals surface area contributed by atoms with Crippen LogP contribution in [0.1, 0.15) is 47.3 Å². The molecule has 2 amide bonds. The van der Waals surface area contributed by atoms with Crippen molar-refractivity contribution in [1.82, 2.24) is 10.3 Å². The molecule has 0 spiro atoms. The molecule has 1 aliphatic carbocycles. The number of carbonyl (C=O) groups is 3. The van der Waals surface area contributed by atoms with E-state index in [4.69, 9.17) is 5.73 Å². The number of amides is 2. The van der Waals surface area contributed by atoms with Gasteiger partial charge in [0.05, 0.1) is 33.7 Å². The Labute approximate surface area is 196 Å². The Hall–Kier alpha value is -3.26. The zero-order chi connectivity index (χ0) is 24.0. The van der Waals surface area contributed by atoms with Gasteiger partial charge in [-0.3, -0.25) is 14.4 Å². The van der Waals surface area contributed by atoms with Gasteiger partial charge in [0.1, 0.15) is 5.01 Å². The first-order valence-corrected chi connectivity index (χ1v) is 11.6. The number of aliphatic carboxylic acids is 1. The third-order valence-electron chi connectivity index (χ3n) is 6.38. The molecule has 0 fully saturated rings. The molecule has 8 heteroatoms. The first-order valence-electron chi connectivity index (χ1n) is 10.8. The molecule has 1 heterocycles. The van der Waals surface area contributed by atoms with Gasteiger partial charge in [0.2, 0.25) is 5.91 Å². The maximum Gasteiger partial charge on any atom is 0.308 e. The molecule has 1 unspecified atom stereocenters. The number of nitrogens with zero attached hydrogens (tertiary/aromatic N) is 1. The number of hydrogen-bond donors (Lipinski definition) is 3. The van der Waals surface area contributed by atoms with E-state index in [2.05, 4.69) is 10.3 Å². The highest BCUT2D eigenvalue weighted by Crippen LogP contribution is 2.49. The number of benzene rings is 2. The lowest BCUT2D eigenvalue weighted by Gasteiger charge is -2.41. The minimum absolute atomic E-state index is 0.144. The second kappa shape index (κ2) is 8.26. The van der Waals surface area contributed by atoms with Gasteiger partial charge in [0.25, 0.3) is 5.91 Å². The number of carboxylic acids is 1. The molecule has 172 valence electrons. The normalized spacial score (nSPS) is 15.7. The van der Waals surface area contributed by atoms with Crippen LogP contribution in [-0.4, -0.2) is 27.9 Å². The summed E-state index contributed by atoms with van der Waals surface area (Å²) in [4.78, 5) is 42.4. The van der Waals surface area contributed by atoms with Crippen molar-refractivity contribution >= 4 is 39.3 Å². The number of fused-ring (bicyclic) bond motifs is 2. The molecule has 0 saturated heterocycles. The summed E-state index contributed by atoms with van der Waals surface area (Å²) in [5.74, 6) is -2.71. The number of carbonyl (C=O) groups excluding carboxylic acids is 2. The van der Waals surface area contributed by atoms with E-state index in [1.54, 1.807) is 12.1 Å². The molecule has 33 heavy (non-hydrogen) atoms. The van der Waals surface area contributed by atoms with Gasteiger partial charge in [-0.15, -0.1) is 11.3 Å². The molecule has 1 atom stereocenters. The quantitative estimate of drug-likeness (QED) is 0.514. The van der Waals surface area contributed by atoms with Gasteiger partial charge in [-0.25, -0.2) is 4.98 Å². The van der Waals surface area contributed by atoms with Crippen molar-refractivity contribution in [3.05, 3.63) is 64.2 Å². The Morgan fingerprint density at radius 2 is 1.76 bits per heavy atom. The van der Waals surface area contributed by atoms with E-state index < -0.39 is 28.6 Å². The first-order chi connectivity index (χ1) is 15.5. The summed E-state index contributed by atoms with van der Waals surface area (Å²) >= 11 is 1.37. The van der Waals surface area contributed by atoms with E-state index in [-0.39, 0.29) is 12.5 Å². The molecule has 0 radical (unpaired) electrons. The van der Waals surface area contributed by atoms with Gasteiger partial charge < -0.3 is 16.2 Å². The lowest BCUT2D eigenvalue weighted by molar-refractivity contribution is -0.159. The summed E-state index contributed by atoms with van der Waals surface area (Å²) in [5, 5.41) is 13.8. The van der Waals surface area contributed by atoms with Crippen LogP contribution in [0.5, 0.6) is 0 Å². The number of primary amides is 1. The third kappa shape index (κ3) is 4.11. The fourth-order valence-corrected chi connectivity index (χ4v) is 6.11. The SMILES string of the molecule is CC(C)(C)C(C(=O)O)C1(C(=O)NCc2nc3c(C(N)=O)cccc3s2)Cc2ccccc2C1. The maximum atomic E-state index is 13.7. The second-order valence-electron chi connectivity index (χ2n) is 9.72. The Kier molecular flexibility index (Phi) is 5.74. The average Bonchev–Trinajstić information content (AvgIpc) is 3.31. The Bertz CT molecular complexity index is 1230. The highest BCUT2D eigenvalue weighted by Gasteiger charge is 2.56. The van der Waals surface area contributed by atoms with Gasteiger partial charge >= 0.3 is 5.97 Å². The number of nitrogens with one attached hydrogen (secondary N) is 1. The first kappa shape index (κ1) is 22.9. The molecule has 2 aromatic carbocycles. The van der Waals surface area contributed by atoms with E-state index in [0.29, 0.717) is 28.9 Å². The van der Waals surface area contributed by atoms with Gasteiger partial charge in [-0.1, -0.05) is 51.1 Å². The molecule has 0 saturated carbocycles. The maximum absolute atomic E-state index is 13.7. The molecule has 4 N–H and O–H groups in total. The Morgan fingerprint density at radius 1 is 1.12 bits per heavy atom. The van der Waals surface area contributed by atoms with Gasteiger partial charge in [0.15, 0.2) is 0 Å².